The Morgan fingerprint density at radius 3 is 2.62 bits per heavy atom. The van der Waals surface area contributed by atoms with Gasteiger partial charge < -0.3 is 19.5 Å². The fourth-order valence-corrected chi connectivity index (χ4v) is 3.83. The van der Waals surface area contributed by atoms with Crippen molar-refractivity contribution >= 4 is 11.9 Å². The van der Waals surface area contributed by atoms with Gasteiger partial charge in [-0.25, -0.2) is 4.79 Å². The number of hydrogen-bond donors (Lipinski definition) is 1. The van der Waals surface area contributed by atoms with E-state index in [-0.39, 0.29) is 11.3 Å². The van der Waals surface area contributed by atoms with Crippen LogP contribution >= 0.6 is 0 Å². The minimum atomic E-state index is -5.08. The molecule has 1 aromatic carbocycles. The number of rotatable bonds is 4. The van der Waals surface area contributed by atoms with Gasteiger partial charge in [0.25, 0.3) is 5.91 Å². The van der Waals surface area contributed by atoms with Crippen LogP contribution < -0.4 is 4.74 Å². The number of carbonyl (C=O) groups is 2. The highest BCUT2D eigenvalue weighted by atomic mass is 19.4. The molecule has 1 N–H and O–H groups in total. The van der Waals surface area contributed by atoms with E-state index in [1.165, 1.54) is 0 Å². The van der Waals surface area contributed by atoms with Crippen molar-refractivity contribution in [2.24, 2.45) is 11.3 Å². The Hall–Kier alpha value is -3.14. The Balaban J connectivity index is 0.000000360. The maximum atomic E-state index is 12.9. The van der Waals surface area contributed by atoms with Gasteiger partial charge in [-0.3, -0.25) is 9.78 Å². The summed E-state index contributed by atoms with van der Waals surface area (Å²) in [5.74, 6) is -1.58. The summed E-state index contributed by atoms with van der Waals surface area (Å²) in [5, 5.41) is 7.12. The second-order valence-corrected chi connectivity index (χ2v) is 7.86. The van der Waals surface area contributed by atoms with Gasteiger partial charge in [-0.2, -0.15) is 13.2 Å². The molecule has 1 aromatic heterocycles. The lowest BCUT2D eigenvalue weighted by atomic mass is 9.82. The zero-order chi connectivity index (χ0) is 23.4. The predicted molar refractivity (Wildman–Crippen MR) is 107 cm³/mol. The number of alkyl halides is 3. The minimum absolute atomic E-state index is 0.105. The second kappa shape index (κ2) is 9.56. The van der Waals surface area contributed by atoms with Gasteiger partial charge in [0.15, 0.2) is 0 Å². The van der Waals surface area contributed by atoms with Crippen molar-refractivity contribution in [2.45, 2.75) is 13.1 Å². The van der Waals surface area contributed by atoms with Gasteiger partial charge in [-0.1, -0.05) is 18.2 Å². The molecule has 10 heteroatoms. The number of pyridine rings is 1. The maximum absolute atomic E-state index is 12.9. The zero-order valence-electron chi connectivity index (χ0n) is 17.3. The summed E-state index contributed by atoms with van der Waals surface area (Å²) in [6.07, 6.45) is -1.64. The Labute approximate surface area is 182 Å². The van der Waals surface area contributed by atoms with Gasteiger partial charge in [0.2, 0.25) is 0 Å². The summed E-state index contributed by atoms with van der Waals surface area (Å²) in [6, 6.07) is 11.5. The van der Waals surface area contributed by atoms with Crippen molar-refractivity contribution in [1.29, 1.82) is 0 Å². The number of carbonyl (C=O) groups excluding carboxylic acids is 1. The number of halogens is 3. The summed E-state index contributed by atoms with van der Waals surface area (Å²) in [4.78, 5) is 27.9. The molecule has 2 fully saturated rings. The summed E-state index contributed by atoms with van der Waals surface area (Å²) >= 11 is 0. The monoisotopic (exact) mass is 452 g/mol. The molecule has 172 valence electrons. The number of nitrogens with zero attached hydrogens (tertiary/aromatic N) is 2. The third-order valence-electron chi connectivity index (χ3n) is 5.59. The Kier molecular flexibility index (Phi) is 7.02. The van der Waals surface area contributed by atoms with Gasteiger partial charge in [0.05, 0.1) is 31.4 Å². The molecule has 2 atom stereocenters. The number of benzene rings is 1. The number of aliphatic carboxylic acids is 1. The van der Waals surface area contributed by atoms with Crippen LogP contribution in [0.3, 0.4) is 0 Å². The molecular weight excluding hydrogens is 429 g/mol. The maximum Gasteiger partial charge on any atom is 0.490 e. The minimum Gasteiger partial charge on any atom is -0.491 e. The SMILES string of the molecule is Cc1ccccc1C(=O)N1C[C@@H]2COC[C@]2(COc2cccnc2)C1.O=C(O)C(F)(F)F. The van der Waals surface area contributed by atoms with E-state index < -0.39 is 12.1 Å². The van der Waals surface area contributed by atoms with E-state index in [0.29, 0.717) is 32.3 Å². The number of carboxylic acid groups (broad SMARTS) is 1. The lowest BCUT2D eigenvalue weighted by Crippen LogP contribution is -2.38. The lowest BCUT2D eigenvalue weighted by molar-refractivity contribution is -0.192. The topological polar surface area (TPSA) is 89.0 Å². The summed E-state index contributed by atoms with van der Waals surface area (Å²) < 4.78 is 43.4. The first-order valence-electron chi connectivity index (χ1n) is 9.88. The molecule has 2 aliphatic heterocycles. The molecule has 32 heavy (non-hydrogen) atoms. The van der Waals surface area contributed by atoms with Crippen LogP contribution in [0.2, 0.25) is 0 Å². The fraction of sp³-hybridized carbons (Fsp3) is 0.409. The van der Waals surface area contributed by atoms with Gasteiger partial charge in [0.1, 0.15) is 5.75 Å². The van der Waals surface area contributed by atoms with E-state index in [1.54, 1.807) is 12.4 Å². The van der Waals surface area contributed by atoms with E-state index in [9.17, 15) is 18.0 Å². The lowest BCUT2D eigenvalue weighted by Gasteiger charge is -2.27. The van der Waals surface area contributed by atoms with Gasteiger partial charge >= 0.3 is 12.1 Å². The first-order chi connectivity index (χ1) is 15.1. The fourth-order valence-electron chi connectivity index (χ4n) is 3.83. The molecular formula is C22H23F3N2O5. The van der Waals surface area contributed by atoms with Crippen molar-refractivity contribution in [3.8, 4) is 5.75 Å². The number of aromatic nitrogens is 1. The van der Waals surface area contributed by atoms with Crippen LogP contribution in [0.5, 0.6) is 5.75 Å². The number of likely N-dealkylation sites (tertiary alicyclic amines) is 1. The third-order valence-corrected chi connectivity index (χ3v) is 5.59. The normalized spacial score (nSPS) is 22.0. The molecule has 7 nitrogen and oxygen atoms in total. The molecule has 0 saturated carbocycles. The Bertz CT molecular complexity index is 954. The number of aryl methyl sites for hydroxylation is 1. The van der Waals surface area contributed by atoms with Crippen LogP contribution in [0.25, 0.3) is 0 Å². The van der Waals surface area contributed by atoms with Crippen LogP contribution in [0, 0.1) is 18.3 Å². The van der Waals surface area contributed by atoms with Crippen molar-refractivity contribution in [3.05, 3.63) is 59.9 Å². The van der Waals surface area contributed by atoms with Crippen LogP contribution in [0.4, 0.5) is 13.2 Å². The highest BCUT2D eigenvalue weighted by molar-refractivity contribution is 5.95. The molecule has 4 rings (SSSR count). The number of fused-ring (bicyclic) bond motifs is 1. The molecule has 0 spiro atoms. The highest BCUT2D eigenvalue weighted by Gasteiger charge is 2.52. The number of amides is 1. The van der Waals surface area contributed by atoms with Crippen molar-refractivity contribution < 1.29 is 37.3 Å². The summed E-state index contributed by atoms with van der Waals surface area (Å²) in [5.41, 5.74) is 1.67. The number of hydrogen-bond acceptors (Lipinski definition) is 5. The smallest absolute Gasteiger partial charge is 0.490 e. The van der Waals surface area contributed by atoms with Crippen LogP contribution in [0.1, 0.15) is 15.9 Å². The van der Waals surface area contributed by atoms with E-state index in [1.807, 2.05) is 48.2 Å². The molecule has 2 aliphatic rings. The summed E-state index contributed by atoms with van der Waals surface area (Å²) in [7, 11) is 0. The number of carboxylic acids is 1. The standard InChI is InChI=1S/C20H22N2O3.C2HF3O2/c1-15-5-2-3-7-18(15)19(23)22-10-16-11-24-13-20(16,12-22)14-25-17-6-4-8-21-9-17;3-2(4,5)1(6)7/h2-9,16H,10-14H2,1H3;(H,6,7)/t16-,20+;/m1./s1. The Morgan fingerprint density at radius 2 is 2.00 bits per heavy atom. The molecule has 1 amide bonds. The third kappa shape index (κ3) is 5.37. The first kappa shape index (κ1) is 23.5. The predicted octanol–water partition coefficient (Wildman–Crippen LogP) is 3.19. The van der Waals surface area contributed by atoms with Crippen LogP contribution in [-0.2, 0) is 9.53 Å². The van der Waals surface area contributed by atoms with Crippen molar-refractivity contribution in [2.75, 3.05) is 32.9 Å². The van der Waals surface area contributed by atoms with Gasteiger partial charge in [0, 0.05) is 30.8 Å². The van der Waals surface area contributed by atoms with E-state index in [2.05, 4.69) is 4.98 Å². The molecule has 2 aromatic rings. The molecule has 0 bridgehead atoms. The van der Waals surface area contributed by atoms with E-state index >= 15 is 0 Å². The largest absolute Gasteiger partial charge is 0.491 e. The van der Waals surface area contributed by atoms with Gasteiger partial charge in [-0.15, -0.1) is 0 Å². The quantitative estimate of drug-likeness (QED) is 0.767. The average Bonchev–Trinajstić information content (AvgIpc) is 3.30. The van der Waals surface area contributed by atoms with Crippen LogP contribution in [0.15, 0.2) is 48.8 Å². The molecule has 3 heterocycles. The molecule has 0 unspecified atom stereocenters. The number of ether oxygens (including phenoxy) is 2. The highest BCUT2D eigenvalue weighted by Crippen LogP contribution is 2.42. The average molecular weight is 452 g/mol. The van der Waals surface area contributed by atoms with Crippen molar-refractivity contribution in [1.82, 2.24) is 9.88 Å². The zero-order valence-corrected chi connectivity index (χ0v) is 17.3. The Morgan fingerprint density at radius 1 is 1.28 bits per heavy atom. The van der Waals surface area contributed by atoms with E-state index in [4.69, 9.17) is 19.4 Å². The van der Waals surface area contributed by atoms with Gasteiger partial charge in [-0.05, 0) is 30.7 Å². The van der Waals surface area contributed by atoms with E-state index in [0.717, 1.165) is 23.4 Å². The molecule has 2 saturated heterocycles. The molecule has 0 radical (unpaired) electrons. The summed E-state index contributed by atoms with van der Waals surface area (Å²) in [6.45, 7) is 5.24. The van der Waals surface area contributed by atoms with Crippen molar-refractivity contribution in [3.63, 3.8) is 0 Å². The van der Waals surface area contributed by atoms with Crippen LogP contribution in [-0.4, -0.2) is 66.0 Å². The first-order valence-corrected chi connectivity index (χ1v) is 9.88. The molecule has 0 aliphatic carbocycles. The second-order valence-electron chi connectivity index (χ2n) is 7.86.